The Balaban J connectivity index is 0.00000338. The summed E-state index contributed by atoms with van der Waals surface area (Å²) < 4.78 is 5.08. The van der Waals surface area contributed by atoms with Gasteiger partial charge < -0.3 is 25.2 Å². The number of aliphatic imine (C=N–C) groups is 1. The van der Waals surface area contributed by atoms with Crippen LogP contribution in [0.5, 0.6) is 0 Å². The van der Waals surface area contributed by atoms with E-state index in [-0.39, 0.29) is 30.1 Å². The van der Waals surface area contributed by atoms with Crippen LogP contribution in [-0.4, -0.2) is 80.8 Å². The number of nitrogens with zero attached hydrogens (tertiary/aromatic N) is 3. The molecule has 0 aromatic heterocycles. The molecule has 26 heavy (non-hydrogen) atoms. The largest absolute Gasteiger partial charge is 0.450 e. The van der Waals surface area contributed by atoms with Gasteiger partial charge in [0.1, 0.15) is 0 Å². The van der Waals surface area contributed by atoms with Gasteiger partial charge in [-0.05, 0) is 65.6 Å². The number of carbonyl (C=O) groups excluding carboxylic acids is 1. The highest BCUT2D eigenvalue weighted by Crippen LogP contribution is 2.16. The number of halogens is 1. The number of rotatable bonds is 5. The van der Waals surface area contributed by atoms with Crippen LogP contribution in [0.15, 0.2) is 4.99 Å². The zero-order valence-electron chi connectivity index (χ0n) is 16.5. The molecule has 0 spiro atoms. The van der Waals surface area contributed by atoms with Gasteiger partial charge in [-0.2, -0.15) is 0 Å². The van der Waals surface area contributed by atoms with E-state index in [0.29, 0.717) is 18.6 Å². The highest BCUT2D eigenvalue weighted by Gasteiger charge is 2.24. The van der Waals surface area contributed by atoms with Crippen molar-refractivity contribution in [2.45, 2.75) is 45.6 Å². The number of ether oxygens (including phenoxy) is 1. The fraction of sp³-hybridized carbons (Fsp3) is 0.889. The first-order valence-electron chi connectivity index (χ1n) is 9.77. The summed E-state index contributed by atoms with van der Waals surface area (Å²) in [6.45, 7) is 9.96. The van der Waals surface area contributed by atoms with Gasteiger partial charge in [-0.15, -0.1) is 24.0 Å². The molecule has 2 aliphatic heterocycles. The molecule has 0 atom stereocenters. The minimum atomic E-state index is -0.191. The fourth-order valence-electron chi connectivity index (χ4n) is 3.40. The average molecular weight is 481 g/mol. The quantitative estimate of drug-likeness (QED) is 0.358. The maximum absolute atomic E-state index is 11.8. The Kier molecular flexibility index (Phi) is 11.3. The minimum absolute atomic E-state index is 0. The summed E-state index contributed by atoms with van der Waals surface area (Å²) in [5.74, 6) is 1.60. The molecule has 152 valence electrons. The molecule has 8 heteroatoms. The van der Waals surface area contributed by atoms with Gasteiger partial charge in [0.05, 0.1) is 6.61 Å². The topological polar surface area (TPSA) is 69.2 Å². The number of nitrogens with one attached hydrogen (secondary N) is 2. The van der Waals surface area contributed by atoms with E-state index in [2.05, 4.69) is 29.5 Å². The van der Waals surface area contributed by atoms with Crippen molar-refractivity contribution >= 4 is 36.0 Å². The van der Waals surface area contributed by atoms with Gasteiger partial charge in [0.2, 0.25) is 0 Å². The fourth-order valence-corrected chi connectivity index (χ4v) is 3.40. The van der Waals surface area contributed by atoms with Crippen molar-refractivity contribution in [3.8, 4) is 0 Å². The molecule has 2 aliphatic rings. The Morgan fingerprint density at radius 1 is 1.12 bits per heavy atom. The van der Waals surface area contributed by atoms with Crippen molar-refractivity contribution in [1.29, 1.82) is 0 Å². The van der Waals surface area contributed by atoms with Crippen molar-refractivity contribution < 1.29 is 9.53 Å². The van der Waals surface area contributed by atoms with Crippen LogP contribution in [0.4, 0.5) is 4.79 Å². The highest BCUT2D eigenvalue weighted by atomic mass is 127. The molecule has 0 unspecified atom stereocenters. The molecular weight excluding hydrogens is 445 g/mol. The van der Waals surface area contributed by atoms with E-state index in [1.807, 2.05) is 6.92 Å². The number of likely N-dealkylation sites (tertiary alicyclic amines) is 2. The number of piperidine rings is 2. The first-order chi connectivity index (χ1) is 12.1. The second-order valence-electron chi connectivity index (χ2n) is 7.07. The Morgan fingerprint density at radius 3 is 2.35 bits per heavy atom. The van der Waals surface area contributed by atoms with Crippen LogP contribution in [0.3, 0.4) is 0 Å². The molecule has 0 aliphatic carbocycles. The van der Waals surface area contributed by atoms with Crippen LogP contribution in [0, 0.1) is 5.92 Å². The first-order valence-corrected chi connectivity index (χ1v) is 9.77. The zero-order valence-corrected chi connectivity index (χ0v) is 18.8. The Labute approximate surface area is 175 Å². The van der Waals surface area contributed by atoms with Crippen molar-refractivity contribution in [3.63, 3.8) is 0 Å². The van der Waals surface area contributed by atoms with Crippen molar-refractivity contribution in [3.05, 3.63) is 0 Å². The molecule has 0 radical (unpaired) electrons. The first kappa shape index (κ1) is 23.3. The normalized spacial score (nSPS) is 20.4. The third-order valence-electron chi connectivity index (χ3n) is 5.05. The van der Waals surface area contributed by atoms with Gasteiger partial charge in [0, 0.05) is 32.2 Å². The van der Waals surface area contributed by atoms with E-state index >= 15 is 0 Å². The number of amides is 1. The molecule has 2 rings (SSSR count). The Bertz CT molecular complexity index is 433. The zero-order chi connectivity index (χ0) is 18.1. The lowest BCUT2D eigenvalue weighted by Crippen LogP contribution is -2.50. The van der Waals surface area contributed by atoms with E-state index in [1.165, 1.54) is 25.9 Å². The molecule has 2 heterocycles. The van der Waals surface area contributed by atoms with Gasteiger partial charge in [0.25, 0.3) is 0 Å². The molecule has 2 N–H and O–H groups in total. The second kappa shape index (κ2) is 12.6. The summed E-state index contributed by atoms with van der Waals surface area (Å²) in [6, 6.07) is 0.362. The number of guanidine groups is 1. The molecule has 0 bridgehead atoms. The number of hydrogen-bond donors (Lipinski definition) is 2. The molecular formula is C18H36IN5O2. The van der Waals surface area contributed by atoms with Crippen LogP contribution in [0.1, 0.15) is 39.5 Å². The molecule has 2 saturated heterocycles. The molecule has 1 amide bonds. The summed E-state index contributed by atoms with van der Waals surface area (Å²) in [4.78, 5) is 20.8. The average Bonchev–Trinajstić information content (AvgIpc) is 2.62. The van der Waals surface area contributed by atoms with Crippen molar-refractivity contribution in [2.24, 2.45) is 10.9 Å². The minimum Gasteiger partial charge on any atom is -0.450 e. The van der Waals surface area contributed by atoms with Crippen LogP contribution in [0.25, 0.3) is 0 Å². The number of hydrogen-bond acceptors (Lipinski definition) is 4. The maximum atomic E-state index is 11.8. The van der Waals surface area contributed by atoms with Gasteiger partial charge in [0.15, 0.2) is 5.96 Å². The standard InChI is InChI=1S/C18H35N5O2.HI/c1-4-19-17(20-14-15-6-10-22(3)11-7-15)21-16-8-12-23(13-9-16)18(24)25-5-2;/h15-16H,4-14H2,1-3H3,(H2,19,20,21);1H. The third kappa shape index (κ3) is 7.85. The van der Waals surface area contributed by atoms with Crippen LogP contribution in [-0.2, 0) is 4.74 Å². The maximum Gasteiger partial charge on any atom is 0.409 e. The Morgan fingerprint density at radius 2 is 1.77 bits per heavy atom. The Hall–Kier alpha value is -0.770. The molecule has 0 aromatic rings. The van der Waals surface area contributed by atoms with E-state index in [4.69, 9.17) is 9.73 Å². The molecule has 2 fully saturated rings. The predicted molar refractivity (Wildman–Crippen MR) is 116 cm³/mol. The van der Waals surface area contributed by atoms with Gasteiger partial charge in [-0.3, -0.25) is 4.99 Å². The monoisotopic (exact) mass is 481 g/mol. The summed E-state index contributed by atoms with van der Waals surface area (Å²) in [7, 11) is 2.19. The van der Waals surface area contributed by atoms with E-state index in [9.17, 15) is 4.79 Å². The van der Waals surface area contributed by atoms with Crippen LogP contribution < -0.4 is 10.6 Å². The van der Waals surface area contributed by atoms with Crippen LogP contribution >= 0.6 is 24.0 Å². The summed E-state index contributed by atoms with van der Waals surface area (Å²) >= 11 is 0. The summed E-state index contributed by atoms with van der Waals surface area (Å²) in [5, 5.41) is 6.90. The lowest BCUT2D eigenvalue weighted by atomic mass is 9.97. The molecule has 7 nitrogen and oxygen atoms in total. The van der Waals surface area contributed by atoms with Crippen molar-refractivity contribution in [2.75, 3.05) is 52.9 Å². The highest BCUT2D eigenvalue weighted by molar-refractivity contribution is 14.0. The lowest BCUT2D eigenvalue weighted by molar-refractivity contribution is 0.0963. The SMILES string of the molecule is CCNC(=NCC1CCN(C)CC1)NC1CCN(C(=O)OCC)CC1.I. The molecule has 0 saturated carbocycles. The summed E-state index contributed by atoms with van der Waals surface area (Å²) in [5.41, 5.74) is 0. The van der Waals surface area contributed by atoms with E-state index in [1.54, 1.807) is 4.90 Å². The van der Waals surface area contributed by atoms with Crippen molar-refractivity contribution in [1.82, 2.24) is 20.4 Å². The third-order valence-corrected chi connectivity index (χ3v) is 5.05. The van der Waals surface area contributed by atoms with Gasteiger partial charge in [-0.25, -0.2) is 4.79 Å². The number of carbonyl (C=O) groups is 1. The predicted octanol–water partition coefficient (Wildman–Crippen LogP) is 2.12. The second-order valence-corrected chi connectivity index (χ2v) is 7.07. The smallest absolute Gasteiger partial charge is 0.409 e. The van der Waals surface area contributed by atoms with E-state index < -0.39 is 0 Å². The summed E-state index contributed by atoms with van der Waals surface area (Å²) in [6.07, 6.45) is 4.13. The van der Waals surface area contributed by atoms with E-state index in [0.717, 1.165) is 45.0 Å². The van der Waals surface area contributed by atoms with Gasteiger partial charge in [-0.1, -0.05) is 0 Å². The van der Waals surface area contributed by atoms with Crippen LogP contribution in [0.2, 0.25) is 0 Å². The van der Waals surface area contributed by atoms with Gasteiger partial charge >= 0.3 is 6.09 Å². The molecule has 0 aromatic carbocycles. The lowest BCUT2D eigenvalue weighted by Gasteiger charge is -2.32.